The van der Waals surface area contributed by atoms with E-state index in [0.29, 0.717) is 23.4 Å². The molecule has 1 aliphatic carbocycles. The number of aliphatic hydroxyl groups is 1. The van der Waals surface area contributed by atoms with E-state index in [-0.39, 0.29) is 6.61 Å². The predicted octanol–water partition coefficient (Wildman–Crippen LogP) is 2.89. The fraction of sp³-hybridized carbons (Fsp3) is 0.733. The largest absolute Gasteiger partial charge is 0.391 e. The summed E-state index contributed by atoms with van der Waals surface area (Å²) in [6.45, 7) is 3.02. The Morgan fingerprint density at radius 1 is 1.24 bits per heavy atom. The molecule has 0 amide bonds. The molecule has 2 aliphatic rings. The number of rotatable bonds is 3. The monoisotopic (exact) mass is 329 g/mol. The third kappa shape index (κ3) is 2.79. The van der Waals surface area contributed by atoms with Crippen molar-refractivity contribution in [1.29, 1.82) is 0 Å². The maximum atomic E-state index is 12.8. The normalized spacial score (nSPS) is 23.0. The first-order valence-electron chi connectivity index (χ1n) is 7.67. The Hall–Kier alpha value is -0.430. The van der Waals surface area contributed by atoms with Crippen molar-refractivity contribution in [2.24, 2.45) is 5.41 Å². The zero-order chi connectivity index (χ0) is 15.1. The molecule has 1 aromatic heterocycles. The van der Waals surface area contributed by atoms with Crippen LogP contribution in [0.3, 0.4) is 0 Å². The lowest BCUT2D eigenvalue weighted by atomic mass is 9.78. The summed E-state index contributed by atoms with van der Waals surface area (Å²) >= 11 is 1.37. The molecule has 0 unspecified atom stereocenters. The number of nitrogens with zero attached hydrogens (tertiary/aromatic N) is 1. The van der Waals surface area contributed by atoms with Gasteiger partial charge in [0.2, 0.25) is 10.0 Å². The zero-order valence-electron chi connectivity index (χ0n) is 12.5. The van der Waals surface area contributed by atoms with Gasteiger partial charge in [-0.25, -0.2) is 8.42 Å². The van der Waals surface area contributed by atoms with Gasteiger partial charge < -0.3 is 5.11 Å². The fourth-order valence-electron chi connectivity index (χ4n) is 3.82. The van der Waals surface area contributed by atoms with Crippen molar-refractivity contribution in [2.45, 2.75) is 57.0 Å². The minimum atomic E-state index is -3.40. The van der Waals surface area contributed by atoms with E-state index < -0.39 is 10.0 Å². The smallest absolute Gasteiger partial charge is 0.244 e. The van der Waals surface area contributed by atoms with Gasteiger partial charge in [-0.15, -0.1) is 11.3 Å². The standard InChI is InChI=1S/C15H23NO3S2/c1-12-14(10-13(11-17)20-12)21(18,19)16-8-6-15(7-9-16)4-2-3-5-15/h10,17H,2-9,11H2,1H3. The molecule has 1 N–H and O–H groups in total. The van der Waals surface area contributed by atoms with E-state index >= 15 is 0 Å². The average Bonchev–Trinajstić information content (AvgIpc) is 3.07. The van der Waals surface area contributed by atoms with Gasteiger partial charge in [-0.1, -0.05) is 12.8 Å². The maximum absolute atomic E-state index is 12.8. The summed E-state index contributed by atoms with van der Waals surface area (Å²) in [6.07, 6.45) is 7.15. The van der Waals surface area contributed by atoms with E-state index in [2.05, 4.69) is 0 Å². The number of hydrogen-bond acceptors (Lipinski definition) is 4. The lowest BCUT2D eigenvalue weighted by molar-refractivity contribution is 0.160. The summed E-state index contributed by atoms with van der Waals surface area (Å²) in [5, 5.41) is 9.19. The second kappa shape index (κ2) is 5.65. The molecule has 0 aromatic carbocycles. The van der Waals surface area contributed by atoms with Gasteiger partial charge >= 0.3 is 0 Å². The zero-order valence-corrected chi connectivity index (χ0v) is 14.1. The summed E-state index contributed by atoms with van der Waals surface area (Å²) in [7, 11) is -3.40. The molecule has 2 heterocycles. The Kier molecular flexibility index (Phi) is 4.16. The Balaban J connectivity index is 1.78. The van der Waals surface area contributed by atoms with Crippen LogP contribution in [0.25, 0.3) is 0 Å². The van der Waals surface area contributed by atoms with Gasteiger partial charge in [-0.3, -0.25) is 0 Å². The summed E-state index contributed by atoms with van der Waals surface area (Å²) in [5.74, 6) is 0. The molecule has 4 nitrogen and oxygen atoms in total. The minimum Gasteiger partial charge on any atom is -0.391 e. The molecular formula is C15H23NO3S2. The summed E-state index contributed by atoms with van der Waals surface area (Å²) < 4.78 is 27.2. The molecule has 0 atom stereocenters. The second-order valence-electron chi connectivity index (χ2n) is 6.40. The summed E-state index contributed by atoms with van der Waals surface area (Å²) in [4.78, 5) is 1.88. The molecule has 1 spiro atoms. The molecule has 118 valence electrons. The van der Waals surface area contributed by atoms with Crippen molar-refractivity contribution in [3.8, 4) is 0 Å². The number of piperidine rings is 1. The number of thiophene rings is 1. The molecule has 0 radical (unpaired) electrons. The third-order valence-corrected chi connectivity index (χ3v) is 8.33. The molecule has 1 saturated carbocycles. The van der Waals surface area contributed by atoms with Crippen molar-refractivity contribution < 1.29 is 13.5 Å². The predicted molar refractivity (Wildman–Crippen MR) is 83.9 cm³/mol. The molecule has 1 aliphatic heterocycles. The average molecular weight is 329 g/mol. The van der Waals surface area contributed by atoms with Gasteiger partial charge in [-0.05, 0) is 44.1 Å². The van der Waals surface area contributed by atoms with Crippen LogP contribution < -0.4 is 0 Å². The van der Waals surface area contributed by atoms with Crippen molar-refractivity contribution in [2.75, 3.05) is 13.1 Å². The first-order chi connectivity index (χ1) is 9.97. The Bertz CT molecular complexity index is 605. The van der Waals surface area contributed by atoms with Crippen LogP contribution in [-0.4, -0.2) is 30.9 Å². The van der Waals surface area contributed by atoms with Gasteiger partial charge in [0.15, 0.2) is 0 Å². The third-order valence-electron chi connectivity index (χ3n) is 5.14. The molecule has 21 heavy (non-hydrogen) atoms. The van der Waals surface area contributed by atoms with E-state index in [0.717, 1.165) is 22.6 Å². The first-order valence-corrected chi connectivity index (χ1v) is 9.93. The van der Waals surface area contributed by atoms with Gasteiger partial charge in [0.1, 0.15) is 0 Å². The van der Waals surface area contributed by atoms with E-state index in [1.807, 2.05) is 6.92 Å². The van der Waals surface area contributed by atoms with Crippen molar-refractivity contribution in [3.05, 3.63) is 15.8 Å². The van der Waals surface area contributed by atoms with Crippen molar-refractivity contribution >= 4 is 21.4 Å². The van der Waals surface area contributed by atoms with Crippen molar-refractivity contribution in [3.63, 3.8) is 0 Å². The maximum Gasteiger partial charge on any atom is 0.244 e. The quantitative estimate of drug-likeness (QED) is 0.927. The van der Waals surface area contributed by atoms with Crippen LogP contribution in [0.15, 0.2) is 11.0 Å². The van der Waals surface area contributed by atoms with Crippen LogP contribution >= 0.6 is 11.3 Å². The molecule has 1 saturated heterocycles. The van der Waals surface area contributed by atoms with Gasteiger partial charge in [0.25, 0.3) is 0 Å². The highest BCUT2D eigenvalue weighted by atomic mass is 32.2. The molecule has 2 fully saturated rings. The highest BCUT2D eigenvalue weighted by Gasteiger charge is 2.40. The Morgan fingerprint density at radius 2 is 1.86 bits per heavy atom. The van der Waals surface area contributed by atoms with Gasteiger partial charge in [-0.2, -0.15) is 4.31 Å². The number of sulfonamides is 1. The van der Waals surface area contributed by atoms with Gasteiger partial charge in [0, 0.05) is 22.8 Å². The van der Waals surface area contributed by atoms with Crippen LogP contribution in [-0.2, 0) is 16.6 Å². The number of aryl methyl sites for hydroxylation is 1. The van der Waals surface area contributed by atoms with E-state index in [9.17, 15) is 13.5 Å². The Morgan fingerprint density at radius 3 is 2.38 bits per heavy atom. The summed E-state index contributed by atoms with van der Waals surface area (Å²) in [5.41, 5.74) is 0.423. The molecule has 3 rings (SSSR count). The van der Waals surface area contributed by atoms with Crippen molar-refractivity contribution in [1.82, 2.24) is 4.31 Å². The number of hydrogen-bond donors (Lipinski definition) is 1. The number of aliphatic hydroxyl groups excluding tert-OH is 1. The second-order valence-corrected chi connectivity index (χ2v) is 9.65. The Labute approximate surface area is 130 Å². The lowest BCUT2D eigenvalue weighted by Crippen LogP contribution is -2.42. The first kappa shape index (κ1) is 15.5. The fourth-order valence-corrected chi connectivity index (χ4v) is 6.73. The summed E-state index contributed by atoms with van der Waals surface area (Å²) in [6, 6.07) is 1.63. The molecule has 1 aromatic rings. The lowest BCUT2D eigenvalue weighted by Gasteiger charge is -2.38. The van der Waals surface area contributed by atoms with E-state index in [4.69, 9.17) is 0 Å². The van der Waals surface area contributed by atoms with Crippen LogP contribution in [0.2, 0.25) is 0 Å². The van der Waals surface area contributed by atoms with Crippen LogP contribution in [0.5, 0.6) is 0 Å². The molecular weight excluding hydrogens is 306 g/mol. The van der Waals surface area contributed by atoms with E-state index in [1.165, 1.54) is 37.0 Å². The minimum absolute atomic E-state index is 0.0931. The van der Waals surface area contributed by atoms with Gasteiger partial charge in [0.05, 0.1) is 11.5 Å². The highest BCUT2D eigenvalue weighted by Crippen LogP contribution is 2.47. The van der Waals surface area contributed by atoms with E-state index in [1.54, 1.807) is 10.4 Å². The van der Waals surface area contributed by atoms with Crippen LogP contribution in [0, 0.1) is 12.3 Å². The SMILES string of the molecule is Cc1sc(CO)cc1S(=O)(=O)N1CCC2(CCCC2)CC1. The molecule has 6 heteroatoms. The van der Waals surface area contributed by atoms with Crippen LogP contribution in [0.4, 0.5) is 0 Å². The topological polar surface area (TPSA) is 57.6 Å². The van der Waals surface area contributed by atoms with Crippen LogP contribution in [0.1, 0.15) is 48.3 Å². The molecule has 0 bridgehead atoms. The highest BCUT2D eigenvalue weighted by molar-refractivity contribution is 7.89.